The van der Waals surface area contributed by atoms with Gasteiger partial charge in [0.05, 0.1) is 16.1 Å². The molecule has 0 saturated carbocycles. The third-order valence-corrected chi connectivity index (χ3v) is 7.94. The van der Waals surface area contributed by atoms with Crippen LogP contribution in [0.3, 0.4) is 0 Å². The van der Waals surface area contributed by atoms with Crippen LogP contribution in [0.2, 0.25) is 10.0 Å². The Morgan fingerprint density at radius 2 is 1.97 bits per heavy atom. The predicted molar refractivity (Wildman–Crippen MR) is 140 cm³/mol. The maximum atomic E-state index is 13.1. The number of nitrogens with zero attached hydrogens (tertiary/aromatic N) is 2. The fourth-order valence-electron chi connectivity index (χ4n) is 3.84. The van der Waals surface area contributed by atoms with E-state index in [-0.39, 0.29) is 12.0 Å². The van der Waals surface area contributed by atoms with Crippen LogP contribution in [0.4, 0.5) is 11.5 Å². The van der Waals surface area contributed by atoms with Crippen molar-refractivity contribution in [3.8, 4) is 5.75 Å². The molecule has 180 valence electrons. The fraction of sp³-hybridized carbons (Fsp3) is 0.458. The molecule has 1 aliphatic heterocycles. The van der Waals surface area contributed by atoms with Gasteiger partial charge in [-0.15, -0.1) is 4.72 Å². The number of ether oxygens (including phenoxy) is 1. The van der Waals surface area contributed by atoms with Crippen molar-refractivity contribution in [3.63, 3.8) is 0 Å². The van der Waals surface area contributed by atoms with Crippen LogP contribution in [-0.4, -0.2) is 34.0 Å². The lowest BCUT2D eigenvalue weighted by Gasteiger charge is -2.38. The predicted octanol–water partition coefficient (Wildman–Crippen LogP) is 5.54. The van der Waals surface area contributed by atoms with Crippen LogP contribution < -0.4 is 20.1 Å². The Morgan fingerprint density at radius 1 is 1.30 bits per heavy atom. The number of benzene rings is 1. The zero-order chi connectivity index (χ0) is 24.2. The number of hydrogen-bond acceptors (Lipinski definition) is 6. The second-order valence-electron chi connectivity index (χ2n) is 9.15. The molecular weight excluding hydrogens is 479 g/mol. The largest absolute Gasteiger partial charge is 0.598 e. The standard InChI is InChI=1S/C24H32Cl2N4O2S/c1-5-12-32-21-15-20(26)19(25)14-18(21)23(29-33(31)24(2,3)4)16-7-10-30(11-8-16)22-13-17(27)6-9-28-22/h5-6,9,13-16,23,29H,1,7-8,10-12H2,2-4H3,(H2,27,28)/t23-,33+/m1/s1. The minimum absolute atomic E-state index is 0.205. The first-order valence-electron chi connectivity index (χ1n) is 11.0. The van der Waals surface area contributed by atoms with E-state index in [1.807, 2.05) is 32.9 Å². The smallest absolute Gasteiger partial charge is 0.136 e. The first-order chi connectivity index (χ1) is 15.6. The van der Waals surface area contributed by atoms with Gasteiger partial charge >= 0.3 is 0 Å². The van der Waals surface area contributed by atoms with E-state index in [9.17, 15) is 4.55 Å². The lowest BCUT2D eigenvalue weighted by molar-refractivity contribution is 0.306. The van der Waals surface area contributed by atoms with Crippen molar-refractivity contribution in [3.05, 3.63) is 58.7 Å². The van der Waals surface area contributed by atoms with Gasteiger partial charge in [-0.2, -0.15) is 0 Å². The molecule has 1 aromatic heterocycles. The highest BCUT2D eigenvalue weighted by atomic mass is 35.5. The Kier molecular flexibility index (Phi) is 8.81. The molecule has 0 amide bonds. The molecule has 0 aliphatic carbocycles. The molecule has 3 rings (SSSR count). The summed E-state index contributed by atoms with van der Waals surface area (Å²) in [6.45, 7) is 11.5. The van der Waals surface area contributed by atoms with E-state index in [2.05, 4.69) is 21.2 Å². The van der Waals surface area contributed by atoms with Gasteiger partial charge in [-0.3, -0.25) is 0 Å². The van der Waals surface area contributed by atoms with Crippen molar-refractivity contribution in [2.24, 2.45) is 5.92 Å². The average Bonchev–Trinajstić information content (AvgIpc) is 2.77. The highest BCUT2D eigenvalue weighted by Gasteiger charge is 2.37. The molecule has 33 heavy (non-hydrogen) atoms. The van der Waals surface area contributed by atoms with E-state index < -0.39 is 16.1 Å². The van der Waals surface area contributed by atoms with Crippen LogP contribution in [0.15, 0.2) is 43.1 Å². The van der Waals surface area contributed by atoms with Crippen LogP contribution in [0.25, 0.3) is 0 Å². The summed E-state index contributed by atoms with van der Waals surface area (Å²) in [4.78, 5) is 6.69. The summed E-state index contributed by atoms with van der Waals surface area (Å²) in [5, 5.41) is 0.852. The maximum absolute atomic E-state index is 13.1. The van der Waals surface area contributed by atoms with Crippen molar-refractivity contribution >= 4 is 46.1 Å². The quantitative estimate of drug-likeness (QED) is 0.357. The molecule has 3 N–H and O–H groups in total. The molecule has 6 nitrogen and oxygen atoms in total. The first-order valence-corrected chi connectivity index (χ1v) is 12.9. The zero-order valence-electron chi connectivity index (χ0n) is 19.3. The van der Waals surface area contributed by atoms with E-state index in [4.69, 9.17) is 33.7 Å². The van der Waals surface area contributed by atoms with E-state index in [0.29, 0.717) is 28.1 Å². The van der Waals surface area contributed by atoms with Crippen LogP contribution in [0.1, 0.15) is 45.2 Å². The van der Waals surface area contributed by atoms with E-state index in [1.54, 1.807) is 24.4 Å². The Bertz CT molecular complexity index is 962. The molecule has 1 fully saturated rings. The maximum Gasteiger partial charge on any atom is 0.136 e. The number of hydrogen-bond donors (Lipinski definition) is 2. The second kappa shape index (κ2) is 11.2. The van der Waals surface area contributed by atoms with Gasteiger partial charge in [0.25, 0.3) is 0 Å². The Balaban J connectivity index is 1.90. The minimum Gasteiger partial charge on any atom is -0.598 e. The monoisotopic (exact) mass is 510 g/mol. The second-order valence-corrected chi connectivity index (χ2v) is 12.0. The van der Waals surface area contributed by atoms with Crippen molar-refractivity contribution in [1.29, 1.82) is 0 Å². The van der Waals surface area contributed by atoms with Crippen LogP contribution in [-0.2, 0) is 11.4 Å². The number of nitrogens with one attached hydrogen (secondary N) is 1. The number of rotatable bonds is 8. The molecule has 2 aromatic rings. The Labute approximate surface area is 209 Å². The topological polar surface area (TPSA) is 86.5 Å². The van der Waals surface area contributed by atoms with Crippen LogP contribution >= 0.6 is 23.2 Å². The fourth-order valence-corrected chi connectivity index (χ4v) is 5.06. The van der Waals surface area contributed by atoms with E-state index in [0.717, 1.165) is 37.3 Å². The van der Waals surface area contributed by atoms with Crippen molar-refractivity contribution in [1.82, 2.24) is 9.71 Å². The van der Waals surface area contributed by atoms with Gasteiger partial charge in [0.2, 0.25) is 0 Å². The number of pyridine rings is 1. The van der Waals surface area contributed by atoms with E-state index in [1.165, 1.54) is 0 Å². The average molecular weight is 512 g/mol. The molecule has 2 atom stereocenters. The SMILES string of the molecule is C=CCOc1cc(Cl)c(Cl)cc1[C@H](N[S@@+]([O-])C(C)(C)C)C1CCN(c2cc(N)ccn2)CC1. The highest BCUT2D eigenvalue weighted by molar-refractivity contribution is 7.90. The van der Waals surface area contributed by atoms with Gasteiger partial charge in [0.15, 0.2) is 0 Å². The summed E-state index contributed by atoms with van der Waals surface area (Å²) in [6.07, 6.45) is 5.15. The molecule has 0 unspecified atom stereocenters. The summed E-state index contributed by atoms with van der Waals surface area (Å²) >= 11 is 11.4. The molecule has 1 saturated heterocycles. The van der Waals surface area contributed by atoms with Gasteiger partial charge in [0, 0.05) is 54.0 Å². The van der Waals surface area contributed by atoms with Gasteiger partial charge in [-0.25, -0.2) is 4.98 Å². The van der Waals surface area contributed by atoms with Crippen LogP contribution in [0, 0.1) is 5.92 Å². The lowest BCUT2D eigenvalue weighted by atomic mass is 9.85. The number of halogens is 2. The summed E-state index contributed by atoms with van der Waals surface area (Å²) in [5.41, 5.74) is 7.49. The third kappa shape index (κ3) is 6.70. The first kappa shape index (κ1) is 26.0. The number of piperidine rings is 1. The Morgan fingerprint density at radius 3 is 2.58 bits per heavy atom. The normalized spacial score (nSPS) is 17.0. The van der Waals surface area contributed by atoms with Gasteiger partial charge in [-0.05, 0) is 51.7 Å². The Hall–Kier alpha value is -1.64. The summed E-state index contributed by atoms with van der Waals surface area (Å²) in [7, 11) is 0. The number of nitrogens with two attached hydrogens (primary N) is 1. The molecule has 0 spiro atoms. The van der Waals surface area contributed by atoms with Crippen LogP contribution in [0.5, 0.6) is 5.75 Å². The molecule has 2 heterocycles. The number of aromatic nitrogens is 1. The zero-order valence-corrected chi connectivity index (χ0v) is 21.6. The van der Waals surface area contributed by atoms with Gasteiger partial charge in [0.1, 0.15) is 22.9 Å². The molecule has 9 heteroatoms. The summed E-state index contributed by atoms with van der Waals surface area (Å²) in [5.74, 6) is 1.70. The highest BCUT2D eigenvalue weighted by Crippen LogP contribution is 2.41. The molecular formula is C24H32Cl2N4O2S. The number of anilines is 2. The number of nitrogen functional groups attached to an aromatic ring is 1. The van der Waals surface area contributed by atoms with Crippen molar-refractivity contribution in [2.45, 2.75) is 44.4 Å². The molecule has 0 radical (unpaired) electrons. The molecule has 0 bridgehead atoms. The van der Waals surface area contributed by atoms with Crippen molar-refractivity contribution in [2.75, 3.05) is 30.3 Å². The molecule has 1 aromatic carbocycles. The van der Waals surface area contributed by atoms with Crippen molar-refractivity contribution < 1.29 is 9.29 Å². The van der Waals surface area contributed by atoms with Gasteiger partial charge in [-0.1, -0.05) is 35.9 Å². The van der Waals surface area contributed by atoms with Gasteiger partial charge < -0.3 is 19.9 Å². The lowest BCUT2D eigenvalue weighted by Crippen LogP contribution is -2.46. The third-order valence-electron chi connectivity index (χ3n) is 5.64. The summed E-state index contributed by atoms with van der Waals surface area (Å²) in [6, 6.07) is 7.00. The minimum atomic E-state index is -1.29. The van der Waals surface area contributed by atoms with E-state index >= 15 is 0 Å². The summed E-state index contributed by atoms with van der Waals surface area (Å²) < 4.78 is 22.0. The molecule has 1 aliphatic rings.